The lowest BCUT2D eigenvalue weighted by molar-refractivity contribution is -0.137. The van der Waals surface area contributed by atoms with E-state index in [1.165, 1.54) is 57.8 Å². The van der Waals surface area contributed by atoms with Gasteiger partial charge in [0.15, 0.2) is 0 Å². The molecule has 0 heterocycles. The van der Waals surface area contributed by atoms with Crippen LogP contribution in [0.25, 0.3) is 0 Å². The first-order valence-corrected chi connectivity index (χ1v) is 13.9. The molecule has 34 heavy (non-hydrogen) atoms. The van der Waals surface area contributed by atoms with Crippen LogP contribution in [0.3, 0.4) is 0 Å². The Morgan fingerprint density at radius 1 is 0.676 bits per heavy atom. The third kappa shape index (κ3) is 26.9. The van der Waals surface area contributed by atoms with Crippen molar-refractivity contribution in [2.75, 3.05) is 13.2 Å². The molecule has 0 radical (unpaired) electrons. The van der Waals surface area contributed by atoms with E-state index in [2.05, 4.69) is 6.92 Å². The highest BCUT2D eigenvalue weighted by Gasteiger charge is 2.42. The molecular formula is C19H40O13S2. The summed E-state index contributed by atoms with van der Waals surface area (Å²) in [4.78, 5) is 20.2. The van der Waals surface area contributed by atoms with Crippen molar-refractivity contribution in [3.63, 3.8) is 0 Å². The van der Waals surface area contributed by atoms with Crippen LogP contribution >= 0.6 is 0 Å². The average Bonchev–Trinajstić information content (AvgIpc) is 2.69. The van der Waals surface area contributed by atoms with Crippen molar-refractivity contribution >= 4 is 32.2 Å². The Kier molecular flexibility index (Phi) is 24.2. The van der Waals surface area contributed by atoms with Gasteiger partial charge in [-0.15, -0.1) is 0 Å². The summed E-state index contributed by atoms with van der Waals surface area (Å²) in [6.45, 7) is 1.52. The van der Waals surface area contributed by atoms with E-state index in [9.17, 15) is 26.4 Å². The van der Waals surface area contributed by atoms with Crippen LogP contribution in [0.4, 0.5) is 0 Å². The second-order valence-electron chi connectivity index (χ2n) is 7.40. The van der Waals surface area contributed by atoms with Gasteiger partial charge in [0.25, 0.3) is 20.2 Å². The van der Waals surface area contributed by atoms with E-state index >= 15 is 0 Å². The van der Waals surface area contributed by atoms with E-state index in [1.54, 1.807) is 0 Å². The summed E-state index contributed by atoms with van der Waals surface area (Å²) in [7, 11) is -10.7. The lowest BCUT2D eigenvalue weighted by Gasteiger charge is -2.03. The van der Waals surface area contributed by atoms with Crippen LogP contribution in [0.15, 0.2) is 0 Å². The molecule has 0 saturated heterocycles. The number of hydrogen-bond acceptors (Lipinski definition) is 9. The predicted molar refractivity (Wildman–Crippen MR) is 123 cm³/mol. The Hall–Kier alpha value is -1.36. The van der Waals surface area contributed by atoms with E-state index < -0.39 is 42.9 Å². The predicted octanol–water partition coefficient (Wildman–Crippen LogP) is 1.28. The first-order chi connectivity index (χ1) is 15.6. The van der Waals surface area contributed by atoms with E-state index in [1.807, 2.05) is 0 Å². The van der Waals surface area contributed by atoms with Crippen molar-refractivity contribution in [2.24, 2.45) is 0 Å². The number of rotatable bonds is 17. The van der Waals surface area contributed by atoms with Crippen molar-refractivity contribution in [3.8, 4) is 0 Å². The molecule has 0 fully saturated rings. The maximum absolute atomic E-state index is 10.3. The van der Waals surface area contributed by atoms with Crippen molar-refractivity contribution in [1.82, 2.24) is 0 Å². The second-order valence-corrected chi connectivity index (χ2v) is 10.7. The number of hydrogen-bond donors (Lipinski definition) is 7. The van der Waals surface area contributed by atoms with E-state index in [4.69, 9.17) is 34.6 Å². The van der Waals surface area contributed by atoms with Crippen LogP contribution in [0.5, 0.6) is 0 Å². The molecule has 0 aliphatic heterocycles. The summed E-state index contributed by atoms with van der Waals surface area (Å²) in [5.41, 5.74) is 0. The Labute approximate surface area is 201 Å². The minimum absolute atomic E-state index is 0.344. The van der Waals surface area contributed by atoms with Gasteiger partial charge >= 0.3 is 16.5 Å². The maximum Gasteiger partial charge on any atom is 0.342 e. The lowest BCUT2D eigenvalue weighted by Crippen LogP contribution is -2.37. The SMILES string of the molecule is CCCCCCCCCCCCCC(=O)O.O=C(O)C(S(=O)(=O)O)S(=O)(=O)O.OCC(O)CO. The molecule has 13 nitrogen and oxygen atoms in total. The van der Waals surface area contributed by atoms with Crippen molar-refractivity contribution in [1.29, 1.82) is 0 Å². The largest absolute Gasteiger partial charge is 0.481 e. The zero-order valence-corrected chi connectivity index (χ0v) is 21.1. The first-order valence-electron chi connectivity index (χ1n) is 10.9. The minimum atomic E-state index is -5.36. The number of carbonyl (C=O) groups is 2. The molecule has 0 spiro atoms. The third-order valence-electron chi connectivity index (χ3n) is 4.16. The smallest absolute Gasteiger partial charge is 0.342 e. The summed E-state index contributed by atoms with van der Waals surface area (Å²) >= 11 is 0. The fourth-order valence-corrected chi connectivity index (χ4v) is 4.15. The molecule has 0 aliphatic rings. The molecule has 0 amide bonds. The number of carboxylic acids is 2. The summed E-state index contributed by atoms with van der Waals surface area (Å²) in [5.74, 6) is -3.03. The monoisotopic (exact) mass is 540 g/mol. The van der Waals surface area contributed by atoms with E-state index in [-0.39, 0.29) is 13.2 Å². The van der Waals surface area contributed by atoms with Crippen LogP contribution in [0.1, 0.15) is 84.0 Å². The summed E-state index contributed by atoms with van der Waals surface area (Å²) in [6.07, 6.45) is 13.4. The summed E-state index contributed by atoms with van der Waals surface area (Å²) in [6, 6.07) is 0. The number of aliphatic hydroxyl groups excluding tert-OH is 3. The summed E-state index contributed by atoms with van der Waals surface area (Å²) < 4.78 is 53.0. The van der Waals surface area contributed by atoms with Gasteiger partial charge in [-0.1, -0.05) is 71.1 Å². The third-order valence-corrected chi connectivity index (χ3v) is 7.10. The van der Waals surface area contributed by atoms with Crippen LogP contribution in [-0.4, -0.2) is 87.3 Å². The number of unbranched alkanes of at least 4 members (excludes halogenated alkanes) is 10. The van der Waals surface area contributed by atoms with Crippen LogP contribution in [-0.2, 0) is 29.8 Å². The molecule has 0 aromatic carbocycles. The highest BCUT2D eigenvalue weighted by Crippen LogP contribution is 2.11. The molecule has 0 aromatic heterocycles. The molecule has 7 N–H and O–H groups in total. The Morgan fingerprint density at radius 3 is 1.18 bits per heavy atom. The number of aliphatic hydroxyl groups is 3. The molecule has 0 unspecified atom stereocenters. The first kappa shape index (κ1) is 37.2. The quantitative estimate of drug-likeness (QED) is 0.102. The fraction of sp³-hybridized carbons (Fsp3) is 0.895. The maximum atomic E-state index is 10.3. The molecule has 0 aliphatic carbocycles. The molecule has 0 saturated carbocycles. The topological polar surface area (TPSA) is 244 Å². The number of carboxylic acid groups (broad SMARTS) is 2. The van der Waals surface area contributed by atoms with Gasteiger partial charge in [-0.05, 0) is 6.42 Å². The molecule has 0 atom stereocenters. The second kappa shape index (κ2) is 22.1. The molecule has 206 valence electrons. The zero-order valence-electron chi connectivity index (χ0n) is 19.5. The van der Waals surface area contributed by atoms with Crippen LogP contribution < -0.4 is 0 Å². The summed E-state index contributed by atoms with van der Waals surface area (Å²) in [5, 5.41) is 40.4. The number of aliphatic carboxylic acids is 2. The Bertz CT molecular complexity index is 684. The van der Waals surface area contributed by atoms with E-state index in [0.717, 1.165) is 12.8 Å². The lowest BCUT2D eigenvalue weighted by atomic mass is 10.1. The standard InChI is InChI=1S/C14H28O2.C3H8O3.C2H4O8S2/c1-2-3-4-5-6-7-8-9-10-11-12-13-14(15)16;4-1-3(6)2-5;3-1(4)2(11(5,6)7)12(8,9)10/h2-13H2,1H3,(H,15,16);3-6H,1-2H2;2H,(H,3,4)(H,5,6,7)(H,8,9,10). The normalized spacial score (nSPS) is 11.4. The molecule has 0 aromatic rings. The van der Waals surface area contributed by atoms with Gasteiger partial charge in [0.2, 0.25) is 0 Å². The molecule has 0 rings (SSSR count). The van der Waals surface area contributed by atoms with Gasteiger partial charge < -0.3 is 25.5 Å². The fourth-order valence-electron chi connectivity index (χ4n) is 2.41. The molecule has 0 bridgehead atoms. The van der Waals surface area contributed by atoms with Gasteiger partial charge in [-0.3, -0.25) is 13.9 Å². The van der Waals surface area contributed by atoms with Gasteiger partial charge in [-0.2, -0.15) is 16.8 Å². The van der Waals surface area contributed by atoms with Gasteiger partial charge in [-0.25, -0.2) is 4.79 Å². The van der Waals surface area contributed by atoms with Crippen molar-refractivity contribution in [2.45, 2.75) is 94.7 Å². The van der Waals surface area contributed by atoms with Crippen molar-refractivity contribution < 1.29 is 61.1 Å². The van der Waals surface area contributed by atoms with Crippen LogP contribution in [0.2, 0.25) is 0 Å². The highest BCUT2D eigenvalue weighted by molar-refractivity contribution is 8.05. The van der Waals surface area contributed by atoms with Crippen molar-refractivity contribution in [3.05, 3.63) is 0 Å². The zero-order chi connectivity index (χ0) is 27.2. The van der Waals surface area contributed by atoms with Crippen LogP contribution in [0, 0.1) is 0 Å². The Morgan fingerprint density at radius 2 is 1.00 bits per heavy atom. The Balaban J connectivity index is -0.000000469. The highest BCUT2D eigenvalue weighted by atomic mass is 32.3. The van der Waals surface area contributed by atoms with Gasteiger partial charge in [0.05, 0.1) is 13.2 Å². The van der Waals surface area contributed by atoms with E-state index in [0.29, 0.717) is 6.42 Å². The van der Waals surface area contributed by atoms with Gasteiger partial charge in [0, 0.05) is 6.42 Å². The average molecular weight is 541 g/mol. The molecular weight excluding hydrogens is 500 g/mol. The molecule has 15 heteroatoms. The van der Waals surface area contributed by atoms with Gasteiger partial charge in [0.1, 0.15) is 6.10 Å². The minimum Gasteiger partial charge on any atom is -0.481 e.